The zero-order valence-corrected chi connectivity index (χ0v) is 11.9. The van der Waals surface area contributed by atoms with E-state index in [4.69, 9.17) is 5.26 Å². The summed E-state index contributed by atoms with van der Waals surface area (Å²) in [6.45, 7) is 8.65. The van der Waals surface area contributed by atoms with Crippen LogP contribution in [-0.4, -0.2) is 54.5 Å². The number of nitrogens with one attached hydrogen (secondary N) is 1. The summed E-state index contributed by atoms with van der Waals surface area (Å²) < 4.78 is 0. The molecule has 1 heterocycles. The SMILES string of the molecule is CC(C)(C)CN(CCC#N)CC(=O)N1CCNC1=O. The first-order chi connectivity index (χ1) is 8.83. The number of amides is 3. The summed E-state index contributed by atoms with van der Waals surface area (Å²) in [4.78, 5) is 26.7. The van der Waals surface area contributed by atoms with Gasteiger partial charge in [-0.25, -0.2) is 4.79 Å². The molecule has 0 aromatic heterocycles. The fourth-order valence-electron chi connectivity index (χ4n) is 2.08. The molecule has 0 bridgehead atoms. The highest BCUT2D eigenvalue weighted by Gasteiger charge is 2.28. The summed E-state index contributed by atoms with van der Waals surface area (Å²) in [7, 11) is 0. The van der Waals surface area contributed by atoms with Gasteiger partial charge in [-0.3, -0.25) is 14.6 Å². The summed E-state index contributed by atoms with van der Waals surface area (Å²) in [6, 6.07) is 1.77. The van der Waals surface area contributed by atoms with Crippen molar-refractivity contribution < 1.29 is 9.59 Å². The van der Waals surface area contributed by atoms with Crippen molar-refractivity contribution in [2.45, 2.75) is 27.2 Å². The van der Waals surface area contributed by atoms with Crippen LogP contribution in [0.15, 0.2) is 0 Å². The smallest absolute Gasteiger partial charge is 0.324 e. The Morgan fingerprint density at radius 3 is 2.68 bits per heavy atom. The molecule has 19 heavy (non-hydrogen) atoms. The van der Waals surface area contributed by atoms with E-state index in [0.717, 1.165) is 6.54 Å². The lowest BCUT2D eigenvalue weighted by atomic mass is 9.96. The molecule has 1 aliphatic rings. The molecule has 3 amide bonds. The monoisotopic (exact) mass is 266 g/mol. The second kappa shape index (κ2) is 6.53. The van der Waals surface area contributed by atoms with E-state index in [-0.39, 0.29) is 23.9 Å². The third-order valence-electron chi connectivity index (χ3n) is 2.75. The van der Waals surface area contributed by atoms with Crippen LogP contribution < -0.4 is 5.32 Å². The molecule has 1 aliphatic heterocycles. The average Bonchev–Trinajstić information content (AvgIpc) is 2.70. The van der Waals surface area contributed by atoms with Gasteiger partial charge in [-0.15, -0.1) is 0 Å². The van der Waals surface area contributed by atoms with Gasteiger partial charge in [0.15, 0.2) is 0 Å². The number of hydrogen-bond donors (Lipinski definition) is 1. The van der Waals surface area contributed by atoms with Crippen molar-refractivity contribution >= 4 is 11.9 Å². The largest absolute Gasteiger partial charge is 0.336 e. The lowest BCUT2D eigenvalue weighted by Gasteiger charge is -2.29. The molecule has 6 heteroatoms. The first-order valence-electron chi connectivity index (χ1n) is 6.51. The summed E-state index contributed by atoms with van der Waals surface area (Å²) in [6.07, 6.45) is 0.384. The molecule has 0 aromatic carbocycles. The summed E-state index contributed by atoms with van der Waals surface area (Å²) >= 11 is 0. The minimum Gasteiger partial charge on any atom is -0.336 e. The van der Waals surface area contributed by atoms with Crippen molar-refractivity contribution in [3.05, 3.63) is 0 Å². The molecule has 6 nitrogen and oxygen atoms in total. The van der Waals surface area contributed by atoms with E-state index in [1.165, 1.54) is 4.90 Å². The zero-order valence-electron chi connectivity index (χ0n) is 11.9. The van der Waals surface area contributed by atoms with Gasteiger partial charge in [0.2, 0.25) is 5.91 Å². The second-order valence-electron chi connectivity index (χ2n) is 5.96. The molecule has 0 radical (unpaired) electrons. The number of imide groups is 1. The molecule has 0 atom stereocenters. The van der Waals surface area contributed by atoms with Crippen molar-refractivity contribution in [1.29, 1.82) is 5.26 Å². The van der Waals surface area contributed by atoms with Crippen molar-refractivity contribution in [2.24, 2.45) is 5.41 Å². The van der Waals surface area contributed by atoms with E-state index in [1.54, 1.807) is 0 Å². The molecular weight excluding hydrogens is 244 g/mol. The van der Waals surface area contributed by atoms with E-state index >= 15 is 0 Å². The Morgan fingerprint density at radius 1 is 1.53 bits per heavy atom. The van der Waals surface area contributed by atoms with Gasteiger partial charge >= 0.3 is 6.03 Å². The van der Waals surface area contributed by atoms with Crippen molar-refractivity contribution in [3.63, 3.8) is 0 Å². The van der Waals surface area contributed by atoms with Crippen LogP contribution in [0.3, 0.4) is 0 Å². The Hall–Kier alpha value is -1.61. The quantitative estimate of drug-likeness (QED) is 0.798. The minimum absolute atomic E-state index is 0.0446. The van der Waals surface area contributed by atoms with Gasteiger partial charge < -0.3 is 5.32 Å². The van der Waals surface area contributed by atoms with Gasteiger partial charge in [-0.05, 0) is 5.41 Å². The van der Waals surface area contributed by atoms with E-state index in [9.17, 15) is 9.59 Å². The summed E-state index contributed by atoms with van der Waals surface area (Å²) in [5, 5.41) is 11.3. The molecule has 106 valence electrons. The molecule has 0 saturated carbocycles. The highest BCUT2D eigenvalue weighted by Crippen LogP contribution is 2.15. The summed E-state index contributed by atoms with van der Waals surface area (Å²) in [5.41, 5.74) is 0.0446. The third kappa shape index (κ3) is 5.26. The normalized spacial score (nSPS) is 15.5. The van der Waals surface area contributed by atoms with Crippen LogP contribution in [0.4, 0.5) is 4.79 Å². The lowest BCUT2D eigenvalue weighted by molar-refractivity contribution is -0.129. The third-order valence-corrected chi connectivity index (χ3v) is 2.75. The number of nitrogens with zero attached hydrogens (tertiary/aromatic N) is 3. The number of urea groups is 1. The van der Waals surface area contributed by atoms with Crippen LogP contribution in [0.5, 0.6) is 0 Å². The highest BCUT2D eigenvalue weighted by atomic mass is 16.2. The van der Waals surface area contributed by atoms with Crippen LogP contribution in [0.2, 0.25) is 0 Å². The average molecular weight is 266 g/mol. The fraction of sp³-hybridized carbons (Fsp3) is 0.769. The standard InChI is InChI=1S/C13H22N4O2/c1-13(2,3)10-16(7-4-5-14)9-11(18)17-8-6-15-12(17)19/h4,6-10H2,1-3H3,(H,15,19). The van der Waals surface area contributed by atoms with Crippen LogP contribution in [0.1, 0.15) is 27.2 Å². The highest BCUT2D eigenvalue weighted by molar-refractivity contribution is 5.96. The molecule has 0 unspecified atom stereocenters. The van der Waals surface area contributed by atoms with Crippen LogP contribution in [-0.2, 0) is 4.79 Å². The minimum atomic E-state index is -0.319. The first-order valence-corrected chi connectivity index (χ1v) is 6.51. The second-order valence-corrected chi connectivity index (χ2v) is 5.96. The first kappa shape index (κ1) is 15.4. The molecule has 1 N–H and O–H groups in total. The van der Waals surface area contributed by atoms with Gasteiger partial charge in [0.05, 0.1) is 12.6 Å². The fourth-order valence-corrected chi connectivity index (χ4v) is 2.08. The molecular formula is C13H22N4O2. The lowest BCUT2D eigenvalue weighted by Crippen LogP contribution is -2.44. The zero-order chi connectivity index (χ0) is 14.5. The predicted octanol–water partition coefficient (Wildman–Crippen LogP) is 0.800. The molecule has 1 rings (SSSR count). The number of rotatable bonds is 5. The van der Waals surface area contributed by atoms with E-state index in [0.29, 0.717) is 26.1 Å². The van der Waals surface area contributed by atoms with Gasteiger partial charge in [0, 0.05) is 32.6 Å². The van der Waals surface area contributed by atoms with E-state index in [1.807, 2.05) is 4.90 Å². The topological polar surface area (TPSA) is 76.4 Å². The molecule has 0 aromatic rings. The maximum absolute atomic E-state index is 12.1. The Kier molecular flexibility index (Phi) is 5.31. The predicted molar refractivity (Wildman–Crippen MR) is 71.2 cm³/mol. The molecule has 0 aliphatic carbocycles. The van der Waals surface area contributed by atoms with Crippen LogP contribution >= 0.6 is 0 Å². The van der Waals surface area contributed by atoms with Crippen LogP contribution in [0.25, 0.3) is 0 Å². The Labute approximate surface area is 114 Å². The van der Waals surface area contributed by atoms with Gasteiger partial charge in [-0.2, -0.15) is 5.26 Å². The molecule has 1 saturated heterocycles. The van der Waals surface area contributed by atoms with Crippen molar-refractivity contribution in [1.82, 2.24) is 15.1 Å². The summed E-state index contributed by atoms with van der Waals surface area (Å²) in [5.74, 6) is -0.197. The number of hydrogen-bond acceptors (Lipinski definition) is 4. The molecule has 0 spiro atoms. The number of carbonyl (C=O) groups is 2. The molecule has 1 fully saturated rings. The van der Waals surface area contributed by atoms with Gasteiger partial charge in [0.1, 0.15) is 0 Å². The van der Waals surface area contributed by atoms with Gasteiger partial charge in [0.25, 0.3) is 0 Å². The maximum atomic E-state index is 12.1. The van der Waals surface area contributed by atoms with Crippen molar-refractivity contribution in [2.75, 3.05) is 32.7 Å². The van der Waals surface area contributed by atoms with Gasteiger partial charge in [-0.1, -0.05) is 20.8 Å². The Balaban J connectivity index is 2.58. The number of carbonyl (C=O) groups excluding carboxylic acids is 2. The maximum Gasteiger partial charge on any atom is 0.324 e. The van der Waals surface area contributed by atoms with Crippen molar-refractivity contribution in [3.8, 4) is 6.07 Å². The Morgan fingerprint density at radius 2 is 2.21 bits per heavy atom. The number of nitriles is 1. The Bertz CT molecular complexity index is 381. The van der Waals surface area contributed by atoms with E-state index < -0.39 is 0 Å². The van der Waals surface area contributed by atoms with E-state index in [2.05, 4.69) is 32.2 Å². The van der Waals surface area contributed by atoms with Crippen LogP contribution in [0, 0.1) is 16.7 Å².